The van der Waals surface area contributed by atoms with Gasteiger partial charge in [-0.3, -0.25) is 4.79 Å². The van der Waals surface area contributed by atoms with Crippen LogP contribution in [0.5, 0.6) is 11.5 Å². The van der Waals surface area contributed by atoms with Crippen molar-refractivity contribution in [1.29, 1.82) is 0 Å². The van der Waals surface area contributed by atoms with E-state index in [1.807, 2.05) is 0 Å². The van der Waals surface area contributed by atoms with Crippen LogP contribution in [0.15, 0.2) is 49.0 Å². The zero-order chi connectivity index (χ0) is 20.1. The van der Waals surface area contributed by atoms with Crippen LogP contribution in [0, 0.1) is 0 Å². The average molecular weight is 530 g/mol. The summed E-state index contributed by atoms with van der Waals surface area (Å²) in [5.41, 5.74) is 0.685. The van der Waals surface area contributed by atoms with E-state index in [2.05, 4.69) is 52.4 Å². The molecule has 0 aliphatic carbocycles. The van der Waals surface area contributed by atoms with Crippen molar-refractivity contribution < 1.29 is 18.7 Å². The van der Waals surface area contributed by atoms with Crippen LogP contribution in [0.25, 0.3) is 11.5 Å². The number of methoxy groups -OCH3 is 2. The van der Waals surface area contributed by atoms with E-state index >= 15 is 0 Å². The first kappa shape index (κ1) is 20.6. The number of hydrogen-bond donors (Lipinski definition) is 1. The van der Waals surface area contributed by atoms with E-state index in [0.717, 1.165) is 16.2 Å². The van der Waals surface area contributed by atoms with Crippen LogP contribution in [0.1, 0.15) is 0 Å². The fraction of sp³-hybridized carbons (Fsp3) is 0.176. The Kier molecular flexibility index (Phi) is 6.92. The fourth-order valence-corrected chi connectivity index (χ4v) is 3.81. The number of carbonyl (C=O) groups is 1. The van der Waals surface area contributed by atoms with Gasteiger partial charge in [-0.05, 0) is 56.1 Å². The molecule has 3 aromatic rings. The zero-order valence-corrected chi connectivity index (χ0v) is 18.7. The first-order chi connectivity index (χ1) is 13.5. The first-order valence-corrected chi connectivity index (χ1v) is 10.4. The number of aromatic nitrogens is 3. The Bertz CT molecular complexity index is 999. The highest BCUT2D eigenvalue weighted by atomic mass is 79.9. The van der Waals surface area contributed by atoms with Crippen molar-refractivity contribution in [2.75, 3.05) is 25.3 Å². The van der Waals surface area contributed by atoms with Crippen molar-refractivity contribution in [2.45, 2.75) is 5.22 Å². The molecule has 0 unspecified atom stereocenters. The van der Waals surface area contributed by atoms with Crippen molar-refractivity contribution in [1.82, 2.24) is 15.2 Å². The monoisotopic (exact) mass is 528 g/mol. The summed E-state index contributed by atoms with van der Waals surface area (Å²) in [4.78, 5) is 16.3. The van der Waals surface area contributed by atoms with Crippen LogP contribution in [0.3, 0.4) is 0 Å². The number of nitrogens with zero attached hydrogens (tertiary/aromatic N) is 3. The largest absolute Gasteiger partial charge is 0.493 e. The molecule has 1 aromatic carbocycles. The maximum absolute atomic E-state index is 12.1. The maximum atomic E-state index is 12.1. The van der Waals surface area contributed by atoms with Crippen LogP contribution < -0.4 is 14.8 Å². The Labute approximate surface area is 181 Å². The van der Waals surface area contributed by atoms with Gasteiger partial charge in [0.15, 0.2) is 11.5 Å². The minimum Gasteiger partial charge on any atom is -0.493 e. The molecule has 2 aromatic heterocycles. The average Bonchev–Trinajstić information content (AvgIpc) is 3.17. The van der Waals surface area contributed by atoms with E-state index in [4.69, 9.17) is 13.9 Å². The van der Waals surface area contributed by atoms with Gasteiger partial charge in [0.05, 0.1) is 24.4 Å². The topological polar surface area (TPSA) is 99.4 Å². The molecule has 0 saturated carbocycles. The molecule has 0 radical (unpaired) electrons. The van der Waals surface area contributed by atoms with Crippen LogP contribution in [0.4, 0.5) is 5.82 Å². The lowest BCUT2D eigenvalue weighted by Gasteiger charge is -2.07. The van der Waals surface area contributed by atoms with Gasteiger partial charge in [0.1, 0.15) is 5.82 Å². The number of ether oxygens (including phenoxy) is 2. The molecule has 0 atom stereocenters. The molecule has 0 aliphatic rings. The van der Waals surface area contributed by atoms with Gasteiger partial charge in [0.25, 0.3) is 5.22 Å². The number of rotatable bonds is 7. The lowest BCUT2D eigenvalue weighted by atomic mass is 10.2. The molecule has 0 bridgehead atoms. The van der Waals surface area contributed by atoms with E-state index in [0.29, 0.717) is 33.2 Å². The second kappa shape index (κ2) is 9.39. The molecule has 28 heavy (non-hydrogen) atoms. The summed E-state index contributed by atoms with van der Waals surface area (Å²) >= 11 is 7.79. The second-order valence-corrected chi connectivity index (χ2v) is 7.96. The number of hydrogen-bond acceptors (Lipinski definition) is 8. The molecule has 8 nitrogen and oxygen atoms in total. The lowest BCUT2D eigenvalue weighted by molar-refractivity contribution is -0.113. The van der Waals surface area contributed by atoms with Crippen LogP contribution >= 0.6 is 43.6 Å². The van der Waals surface area contributed by atoms with Crippen LogP contribution in [-0.2, 0) is 4.79 Å². The third-order valence-electron chi connectivity index (χ3n) is 3.43. The molecule has 3 rings (SSSR count). The molecule has 1 N–H and O–H groups in total. The second-order valence-electron chi connectivity index (χ2n) is 5.26. The van der Waals surface area contributed by atoms with Gasteiger partial charge in [-0.1, -0.05) is 11.8 Å². The molecule has 0 aliphatic heterocycles. The molecule has 2 heterocycles. The molecule has 146 valence electrons. The third-order valence-corrected chi connectivity index (χ3v) is 5.29. The van der Waals surface area contributed by atoms with Gasteiger partial charge in [0, 0.05) is 16.2 Å². The molecule has 0 fully saturated rings. The molecule has 0 saturated heterocycles. The highest BCUT2D eigenvalue weighted by Crippen LogP contribution is 2.32. The summed E-state index contributed by atoms with van der Waals surface area (Å²) in [5, 5.41) is 11.0. The van der Waals surface area contributed by atoms with Gasteiger partial charge in [-0.2, -0.15) is 0 Å². The van der Waals surface area contributed by atoms with Crippen molar-refractivity contribution in [3.63, 3.8) is 0 Å². The Hall–Kier alpha value is -2.11. The molecular weight excluding hydrogens is 516 g/mol. The maximum Gasteiger partial charge on any atom is 0.277 e. The summed E-state index contributed by atoms with van der Waals surface area (Å²) in [6.07, 6.45) is 1.60. The van der Waals surface area contributed by atoms with Gasteiger partial charge in [-0.15, -0.1) is 10.2 Å². The van der Waals surface area contributed by atoms with Crippen molar-refractivity contribution >= 4 is 55.3 Å². The van der Waals surface area contributed by atoms with Gasteiger partial charge < -0.3 is 19.2 Å². The number of pyridine rings is 1. The summed E-state index contributed by atoms with van der Waals surface area (Å²) in [6.45, 7) is 0. The lowest BCUT2D eigenvalue weighted by Crippen LogP contribution is -2.15. The standard InChI is InChI=1S/C17H14Br2N4O4S/c1-25-12-4-3-9(5-13(12)26-2)16-22-23-17(27-16)28-8-14(24)21-15-11(19)6-10(18)7-20-15/h3-7H,8H2,1-2H3,(H,20,21,24). The molecule has 0 spiro atoms. The highest BCUT2D eigenvalue weighted by Gasteiger charge is 2.14. The smallest absolute Gasteiger partial charge is 0.277 e. The van der Waals surface area contributed by atoms with Crippen molar-refractivity contribution in [3.8, 4) is 23.0 Å². The minimum absolute atomic E-state index is 0.0950. The highest BCUT2D eigenvalue weighted by molar-refractivity contribution is 9.11. The Morgan fingerprint density at radius 1 is 1.18 bits per heavy atom. The van der Waals surface area contributed by atoms with E-state index in [-0.39, 0.29) is 16.9 Å². The van der Waals surface area contributed by atoms with Gasteiger partial charge >= 0.3 is 0 Å². The number of anilines is 1. The van der Waals surface area contributed by atoms with E-state index in [1.165, 1.54) is 0 Å². The summed E-state index contributed by atoms with van der Waals surface area (Å²) in [5.74, 6) is 1.76. The van der Waals surface area contributed by atoms with Crippen molar-refractivity contribution in [2.24, 2.45) is 0 Å². The van der Waals surface area contributed by atoms with Crippen LogP contribution in [0.2, 0.25) is 0 Å². The van der Waals surface area contributed by atoms with Crippen molar-refractivity contribution in [3.05, 3.63) is 39.4 Å². The van der Waals surface area contributed by atoms with Gasteiger partial charge in [0.2, 0.25) is 11.8 Å². The number of benzene rings is 1. The number of carbonyl (C=O) groups excluding carboxylic acids is 1. The van der Waals surface area contributed by atoms with E-state index in [9.17, 15) is 4.79 Å². The number of nitrogens with one attached hydrogen (secondary N) is 1. The third kappa shape index (κ3) is 5.03. The Morgan fingerprint density at radius 3 is 2.68 bits per heavy atom. The summed E-state index contributed by atoms with van der Waals surface area (Å²) in [7, 11) is 3.11. The molecular formula is C17H14Br2N4O4S. The zero-order valence-electron chi connectivity index (χ0n) is 14.7. The first-order valence-electron chi connectivity index (χ1n) is 7.79. The van der Waals surface area contributed by atoms with Gasteiger partial charge in [-0.25, -0.2) is 4.98 Å². The number of thioether (sulfide) groups is 1. The number of amides is 1. The summed E-state index contributed by atoms with van der Waals surface area (Å²) in [6, 6.07) is 7.07. The number of halogens is 2. The predicted molar refractivity (Wildman–Crippen MR) is 112 cm³/mol. The van der Waals surface area contributed by atoms with E-state index < -0.39 is 0 Å². The summed E-state index contributed by atoms with van der Waals surface area (Å²) < 4.78 is 17.6. The predicted octanol–water partition coefficient (Wildman–Crippen LogP) is 4.40. The normalized spacial score (nSPS) is 10.6. The molecule has 1 amide bonds. The van der Waals surface area contributed by atoms with Crippen LogP contribution in [-0.4, -0.2) is 41.1 Å². The SMILES string of the molecule is COc1ccc(-c2nnc(SCC(=O)Nc3ncc(Br)cc3Br)o2)cc1OC. The van der Waals surface area contributed by atoms with E-state index in [1.54, 1.807) is 44.7 Å². The Morgan fingerprint density at radius 2 is 1.96 bits per heavy atom. The molecule has 11 heteroatoms. The quantitative estimate of drug-likeness (QED) is 0.449. The Balaban J connectivity index is 1.62. The minimum atomic E-state index is -0.244. The fourth-order valence-electron chi connectivity index (χ4n) is 2.16.